The zero-order chi connectivity index (χ0) is 17.2. The zero-order valence-corrected chi connectivity index (χ0v) is 14.6. The molecular weight excluding hydrogens is 351 g/mol. The van der Waals surface area contributed by atoms with Crippen molar-refractivity contribution in [3.8, 4) is 0 Å². The summed E-state index contributed by atoms with van der Waals surface area (Å²) in [5.74, 6) is -0.257. The summed E-state index contributed by atoms with van der Waals surface area (Å²) in [4.78, 5) is 2.26. The van der Waals surface area contributed by atoms with Crippen LogP contribution < -0.4 is 0 Å². The number of piperazine rings is 1. The van der Waals surface area contributed by atoms with Crippen molar-refractivity contribution in [2.75, 3.05) is 26.2 Å². The van der Waals surface area contributed by atoms with Gasteiger partial charge in [0, 0.05) is 32.7 Å². The van der Waals surface area contributed by atoms with E-state index in [0.29, 0.717) is 32.7 Å². The minimum Gasteiger partial charge on any atom is -0.296 e. The minimum absolute atomic E-state index is 0.144. The summed E-state index contributed by atoms with van der Waals surface area (Å²) in [7, 11) is -3.58. The smallest absolute Gasteiger partial charge is 0.244 e. The summed E-state index contributed by atoms with van der Waals surface area (Å²) in [6.07, 6.45) is 0. The second kappa shape index (κ2) is 7.19. The summed E-state index contributed by atoms with van der Waals surface area (Å²) >= 11 is 6.03. The Morgan fingerprint density at radius 2 is 1.71 bits per heavy atom. The SMILES string of the molecule is O=S(=O)(c1ccccc1Cl)N1CCN(Cc2cccc(F)c2)CC1. The highest BCUT2D eigenvalue weighted by Crippen LogP contribution is 2.25. The molecular formula is C17H18ClFN2O2S. The van der Waals surface area contributed by atoms with Gasteiger partial charge < -0.3 is 0 Å². The number of nitrogens with zero attached hydrogens (tertiary/aromatic N) is 2. The van der Waals surface area contributed by atoms with Crippen LogP contribution in [0.25, 0.3) is 0 Å². The van der Waals surface area contributed by atoms with Crippen LogP contribution in [0.5, 0.6) is 0 Å². The van der Waals surface area contributed by atoms with Gasteiger partial charge in [-0.3, -0.25) is 4.90 Å². The molecule has 7 heteroatoms. The molecule has 0 saturated carbocycles. The fraction of sp³-hybridized carbons (Fsp3) is 0.294. The molecule has 1 fully saturated rings. The normalized spacial score (nSPS) is 17.1. The van der Waals surface area contributed by atoms with Crippen LogP contribution in [-0.4, -0.2) is 43.8 Å². The lowest BCUT2D eigenvalue weighted by Crippen LogP contribution is -2.48. The molecule has 0 unspecified atom stereocenters. The van der Waals surface area contributed by atoms with Gasteiger partial charge in [-0.15, -0.1) is 0 Å². The first kappa shape index (κ1) is 17.4. The van der Waals surface area contributed by atoms with Gasteiger partial charge in [-0.2, -0.15) is 4.31 Å². The number of hydrogen-bond acceptors (Lipinski definition) is 3. The monoisotopic (exact) mass is 368 g/mol. The summed E-state index contributed by atoms with van der Waals surface area (Å²) in [5, 5.41) is 0.236. The fourth-order valence-corrected chi connectivity index (χ4v) is 4.73. The zero-order valence-electron chi connectivity index (χ0n) is 13.0. The van der Waals surface area contributed by atoms with Crippen molar-refractivity contribution in [2.24, 2.45) is 0 Å². The number of benzene rings is 2. The lowest BCUT2D eigenvalue weighted by Gasteiger charge is -2.34. The molecule has 0 radical (unpaired) electrons. The Morgan fingerprint density at radius 3 is 2.38 bits per heavy atom. The second-order valence-corrected chi connectivity index (χ2v) is 8.05. The average Bonchev–Trinajstić information content (AvgIpc) is 2.55. The van der Waals surface area contributed by atoms with Crippen LogP contribution >= 0.6 is 11.6 Å². The van der Waals surface area contributed by atoms with Crippen LogP contribution in [0.2, 0.25) is 5.02 Å². The van der Waals surface area contributed by atoms with E-state index in [1.807, 2.05) is 6.07 Å². The Kier molecular flexibility index (Phi) is 5.20. The van der Waals surface area contributed by atoms with Crippen molar-refractivity contribution in [3.63, 3.8) is 0 Å². The van der Waals surface area contributed by atoms with E-state index in [-0.39, 0.29) is 15.7 Å². The van der Waals surface area contributed by atoms with E-state index in [9.17, 15) is 12.8 Å². The third kappa shape index (κ3) is 3.78. The maximum Gasteiger partial charge on any atom is 0.244 e. The molecule has 0 spiro atoms. The van der Waals surface area contributed by atoms with E-state index >= 15 is 0 Å². The van der Waals surface area contributed by atoms with Crippen LogP contribution in [0.1, 0.15) is 5.56 Å². The van der Waals surface area contributed by atoms with E-state index < -0.39 is 10.0 Å². The van der Waals surface area contributed by atoms with Crippen LogP contribution in [-0.2, 0) is 16.6 Å². The molecule has 3 rings (SSSR count). The molecule has 24 heavy (non-hydrogen) atoms. The molecule has 0 aliphatic carbocycles. The van der Waals surface area contributed by atoms with E-state index in [0.717, 1.165) is 5.56 Å². The Balaban J connectivity index is 1.66. The Morgan fingerprint density at radius 1 is 1.00 bits per heavy atom. The molecule has 1 saturated heterocycles. The Labute approximate surface area is 146 Å². The molecule has 128 valence electrons. The molecule has 2 aromatic rings. The number of halogens is 2. The van der Waals surface area contributed by atoms with Gasteiger partial charge in [0.15, 0.2) is 0 Å². The van der Waals surface area contributed by atoms with E-state index in [1.165, 1.54) is 22.5 Å². The van der Waals surface area contributed by atoms with Gasteiger partial charge in [0.25, 0.3) is 0 Å². The average molecular weight is 369 g/mol. The highest BCUT2D eigenvalue weighted by molar-refractivity contribution is 7.89. The van der Waals surface area contributed by atoms with Crippen molar-refractivity contribution in [2.45, 2.75) is 11.4 Å². The van der Waals surface area contributed by atoms with Gasteiger partial charge in [-0.25, -0.2) is 12.8 Å². The largest absolute Gasteiger partial charge is 0.296 e. The highest BCUT2D eigenvalue weighted by atomic mass is 35.5. The molecule has 0 bridgehead atoms. The Bertz CT molecular complexity index is 821. The van der Waals surface area contributed by atoms with Gasteiger partial charge >= 0.3 is 0 Å². The number of hydrogen-bond donors (Lipinski definition) is 0. The van der Waals surface area contributed by atoms with Crippen LogP contribution in [0, 0.1) is 5.82 Å². The highest BCUT2D eigenvalue weighted by Gasteiger charge is 2.29. The standard InChI is InChI=1S/C17H18ClFN2O2S/c18-16-6-1-2-7-17(16)24(22,23)21-10-8-20(9-11-21)13-14-4-3-5-15(19)12-14/h1-7,12H,8-11,13H2. The van der Waals surface area contributed by atoms with Crippen molar-refractivity contribution >= 4 is 21.6 Å². The minimum atomic E-state index is -3.58. The van der Waals surface area contributed by atoms with Crippen molar-refractivity contribution in [1.82, 2.24) is 9.21 Å². The van der Waals surface area contributed by atoms with Gasteiger partial charge in [0.1, 0.15) is 10.7 Å². The van der Waals surface area contributed by atoms with E-state index in [2.05, 4.69) is 4.90 Å². The third-order valence-corrected chi connectivity index (χ3v) is 6.48. The number of sulfonamides is 1. The van der Waals surface area contributed by atoms with Crippen molar-refractivity contribution in [1.29, 1.82) is 0 Å². The molecule has 0 atom stereocenters. The van der Waals surface area contributed by atoms with Gasteiger partial charge in [0.05, 0.1) is 5.02 Å². The quantitative estimate of drug-likeness (QED) is 0.833. The van der Waals surface area contributed by atoms with E-state index in [4.69, 9.17) is 11.6 Å². The molecule has 1 aliphatic rings. The summed E-state index contributed by atoms with van der Waals surface area (Å²) in [6, 6.07) is 13.0. The molecule has 0 N–H and O–H groups in total. The fourth-order valence-electron chi connectivity index (χ4n) is 2.81. The number of rotatable bonds is 4. The summed E-state index contributed by atoms with van der Waals surface area (Å²) in [6.45, 7) is 2.59. The predicted octanol–water partition coefficient (Wildman–Crippen LogP) is 2.99. The summed E-state index contributed by atoms with van der Waals surface area (Å²) < 4.78 is 40.1. The molecule has 2 aromatic carbocycles. The van der Waals surface area contributed by atoms with Crippen molar-refractivity contribution < 1.29 is 12.8 Å². The van der Waals surface area contributed by atoms with Crippen LogP contribution in [0.3, 0.4) is 0 Å². The first-order valence-corrected chi connectivity index (χ1v) is 9.50. The van der Waals surface area contributed by atoms with E-state index in [1.54, 1.807) is 24.3 Å². The molecule has 0 aromatic heterocycles. The summed E-state index contributed by atoms with van der Waals surface area (Å²) in [5.41, 5.74) is 0.886. The maximum atomic E-state index is 13.2. The van der Waals surface area contributed by atoms with Crippen molar-refractivity contribution in [3.05, 3.63) is 64.9 Å². The molecule has 4 nitrogen and oxygen atoms in total. The second-order valence-electron chi connectivity index (χ2n) is 5.74. The topological polar surface area (TPSA) is 40.6 Å². The lowest BCUT2D eigenvalue weighted by molar-refractivity contribution is 0.181. The lowest BCUT2D eigenvalue weighted by atomic mass is 10.2. The molecule has 1 aliphatic heterocycles. The van der Waals surface area contributed by atoms with Gasteiger partial charge in [-0.05, 0) is 29.8 Å². The van der Waals surface area contributed by atoms with Gasteiger partial charge in [-0.1, -0.05) is 35.9 Å². The molecule has 0 amide bonds. The Hall–Kier alpha value is -1.47. The maximum absolute atomic E-state index is 13.2. The van der Waals surface area contributed by atoms with Crippen LogP contribution in [0.15, 0.2) is 53.4 Å². The third-order valence-electron chi connectivity index (χ3n) is 4.08. The predicted molar refractivity (Wildman–Crippen MR) is 91.9 cm³/mol. The van der Waals surface area contributed by atoms with Gasteiger partial charge in [0.2, 0.25) is 10.0 Å². The first-order valence-electron chi connectivity index (χ1n) is 7.68. The first-order chi connectivity index (χ1) is 11.5. The molecule has 1 heterocycles. The van der Waals surface area contributed by atoms with Crippen LogP contribution in [0.4, 0.5) is 4.39 Å².